The monoisotopic (exact) mass is 307 g/mol. The van der Waals surface area contributed by atoms with E-state index in [1.165, 1.54) is 0 Å². The van der Waals surface area contributed by atoms with Crippen LogP contribution in [-0.4, -0.2) is 48.9 Å². The lowest BCUT2D eigenvalue weighted by Gasteiger charge is -2.26. The van der Waals surface area contributed by atoms with Crippen molar-refractivity contribution in [1.82, 2.24) is 5.32 Å². The predicted octanol–water partition coefficient (Wildman–Crippen LogP) is 0.996. The number of carboxylic acids is 1. The average molecular weight is 307 g/mol. The molecule has 0 aliphatic carbocycles. The summed E-state index contributed by atoms with van der Waals surface area (Å²) in [5.41, 5.74) is 0.348. The first-order chi connectivity index (χ1) is 10.6. The molecule has 6 heteroatoms. The summed E-state index contributed by atoms with van der Waals surface area (Å²) in [6, 6.07) is 9.86. The lowest BCUT2D eigenvalue weighted by Crippen LogP contribution is -2.51. The zero-order valence-corrected chi connectivity index (χ0v) is 12.4. The van der Waals surface area contributed by atoms with Crippen LogP contribution in [0.3, 0.4) is 0 Å². The molecule has 6 nitrogen and oxygen atoms in total. The van der Waals surface area contributed by atoms with E-state index in [1.807, 2.05) is 30.3 Å². The first kappa shape index (κ1) is 16.5. The number of aliphatic carboxylic acids is 1. The van der Waals surface area contributed by atoms with Gasteiger partial charge in [0, 0.05) is 6.61 Å². The fourth-order valence-electron chi connectivity index (χ4n) is 2.51. The molecule has 1 aromatic rings. The number of ether oxygens (including phenoxy) is 2. The SMILES string of the molecule is O=C(O)CC1(NC(=O)COCCc2ccccc2)CCOC1. The smallest absolute Gasteiger partial charge is 0.305 e. The van der Waals surface area contributed by atoms with Gasteiger partial charge in [-0.15, -0.1) is 0 Å². The molecule has 0 spiro atoms. The summed E-state index contributed by atoms with van der Waals surface area (Å²) >= 11 is 0. The maximum absolute atomic E-state index is 11.9. The van der Waals surface area contributed by atoms with Crippen LogP contribution >= 0.6 is 0 Å². The fourth-order valence-corrected chi connectivity index (χ4v) is 2.51. The molecule has 1 aromatic carbocycles. The number of carbonyl (C=O) groups is 2. The highest BCUT2D eigenvalue weighted by molar-refractivity contribution is 5.79. The van der Waals surface area contributed by atoms with Crippen molar-refractivity contribution < 1.29 is 24.2 Å². The second kappa shape index (κ2) is 7.91. The Bertz CT molecular complexity index is 497. The minimum absolute atomic E-state index is 0.0752. The molecule has 0 bridgehead atoms. The summed E-state index contributed by atoms with van der Waals surface area (Å²) < 4.78 is 10.6. The maximum Gasteiger partial charge on any atom is 0.305 e. The molecule has 0 saturated carbocycles. The third-order valence-corrected chi connectivity index (χ3v) is 3.61. The number of rotatable bonds is 8. The predicted molar refractivity (Wildman–Crippen MR) is 79.5 cm³/mol. The van der Waals surface area contributed by atoms with E-state index >= 15 is 0 Å². The van der Waals surface area contributed by atoms with Crippen molar-refractivity contribution in [3.05, 3.63) is 35.9 Å². The third kappa shape index (κ3) is 5.13. The molecule has 1 aliphatic heterocycles. The highest BCUT2D eigenvalue weighted by Gasteiger charge is 2.38. The molecule has 120 valence electrons. The Morgan fingerprint density at radius 2 is 2.09 bits per heavy atom. The van der Waals surface area contributed by atoms with Gasteiger partial charge in [0.25, 0.3) is 0 Å². The number of carboxylic acid groups (broad SMARTS) is 1. The molecule has 1 atom stereocenters. The Morgan fingerprint density at radius 3 is 2.73 bits per heavy atom. The summed E-state index contributed by atoms with van der Waals surface area (Å²) in [6.07, 6.45) is 1.11. The Hall–Kier alpha value is -1.92. The minimum Gasteiger partial charge on any atom is -0.481 e. The molecule has 1 aliphatic rings. The molecule has 0 radical (unpaired) electrons. The van der Waals surface area contributed by atoms with Crippen LogP contribution in [-0.2, 0) is 25.5 Å². The molecule has 1 amide bonds. The average Bonchev–Trinajstić information content (AvgIpc) is 2.92. The number of hydrogen-bond donors (Lipinski definition) is 2. The number of nitrogens with one attached hydrogen (secondary N) is 1. The molecule has 1 saturated heterocycles. The van der Waals surface area contributed by atoms with Crippen LogP contribution in [0.5, 0.6) is 0 Å². The number of hydrogen-bond acceptors (Lipinski definition) is 4. The van der Waals surface area contributed by atoms with Gasteiger partial charge in [-0.05, 0) is 18.4 Å². The van der Waals surface area contributed by atoms with E-state index in [9.17, 15) is 9.59 Å². The van der Waals surface area contributed by atoms with Crippen molar-refractivity contribution in [2.45, 2.75) is 24.8 Å². The van der Waals surface area contributed by atoms with Gasteiger partial charge in [-0.25, -0.2) is 0 Å². The first-order valence-electron chi connectivity index (χ1n) is 7.32. The second-order valence-electron chi connectivity index (χ2n) is 5.49. The van der Waals surface area contributed by atoms with E-state index < -0.39 is 11.5 Å². The molecule has 22 heavy (non-hydrogen) atoms. The Balaban J connectivity index is 1.71. The van der Waals surface area contributed by atoms with Crippen LogP contribution in [0, 0.1) is 0 Å². The molecule has 2 rings (SSSR count). The van der Waals surface area contributed by atoms with Gasteiger partial charge in [-0.1, -0.05) is 30.3 Å². The summed E-state index contributed by atoms with van der Waals surface area (Å²) in [7, 11) is 0. The molecule has 1 fully saturated rings. The lowest BCUT2D eigenvalue weighted by molar-refractivity contribution is -0.139. The summed E-state index contributed by atoms with van der Waals surface area (Å²) in [6.45, 7) is 1.06. The van der Waals surface area contributed by atoms with Gasteiger partial charge >= 0.3 is 5.97 Å². The summed E-state index contributed by atoms with van der Waals surface area (Å²) in [5, 5.41) is 11.7. The van der Waals surface area contributed by atoms with E-state index in [4.69, 9.17) is 14.6 Å². The van der Waals surface area contributed by atoms with Gasteiger partial charge in [-0.3, -0.25) is 9.59 Å². The van der Waals surface area contributed by atoms with Gasteiger partial charge in [0.15, 0.2) is 0 Å². The molecule has 0 aromatic heterocycles. The molecule has 1 unspecified atom stereocenters. The van der Waals surface area contributed by atoms with Crippen molar-refractivity contribution in [2.24, 2.45) is 0 Å². The van der Waals surface area contributed by atoms with Gasteiger partial charge in [-0.2, -0.15) is 0 Å². The van der Waals surface area contributed by atoms with E-state index in [0.29, 0.717) is 19.6 Å². The number of benzene rings is 1. The first-order valence-corrected chi connectivity index (χ1v) is 7.32. The second-order valence-corrected chi connectivity index (χ2v) is 5.49. The quantitative estimate of drug-likeness (QED) is 0.700. The van der Waals surface area contributed by atoms with Crippen LogP contribution in [0.2, 0.25) is 0 Å². The van der Waals surface area contributed by atoms with E-state index in [-0.39, 0.29) is 25.5 Å². The van der Waals surface area contributed by atoms with Crippen molar-refractivity contribution in [2.75, 3.05) is 26.4 Å². The van der Waals surface area contributed by atoms with Crippen LogP contribution in [0.4, 0.5) is 0 Å². The lowest BCUT2D eigenvalue weighted by atomic mass is 9.94. The maximum atomic E-state index is 11.9. The Morgan fingerprint density at radius 1 is 1.32 bits per heavy atom. The topological polar surface area (TPSA) is 84.9 Å². The highest BCUT2D eigenvalue weighted by atomic mass is 16.5. The van der Waals surface area contributed by atoms with E-state index in [1.54, 1.807) is 0 Å². The van der Waals surface area contributed by atoms with Crippen molar-refractivity contribution in [1.29, 1.82) is 0 Å². The molecular weight excluding hydrogens is 286 g/mol. The summed E-state index contributed by atoms with van der Waals surface area (Å²) in [5.74, 6) is -1.25. The molecular formula is C16H21NO5. The zero-order chi connectivity index (χ0) is 15.8. The van der Waals surface area contributed by atoms with Gasteiger partial charge in [0.05, 0.1) is 25.2 Å². The molecule has 2 N–H and O–H groups in total. The van der Waals surface area contributed by atoms with Crippen molar-refractivity contribution in [3.63, 3.8) is 0 Å². The normalized spacial score (nSPS) is 20.7. The van der Waals surface area contributed by atoms with Crippen LogP contribution < -0.4 is 5.32 Å². The van der Waals surface area contributed by atoms with E-state index in [2.05, 4.69) is 5.32 Å². The van der Waals surface area contributed by atoms with Crippen molar-refractivity contribution >= 4 is 11.9 Å². The molecule has 1 heterocycles. The summed E-state index contributed by atoms with van der Waals surface area (Å²) in [4.78, 5) is 22.8. The largest absolute Gasteiger partial charge is 0.481 e. The van der Waals surface area contributed by atoms with Crippen LogP contribution in [0.25, 0.3) is 0 Å². The number of carbonyl (C=O) groups excluding carboxylic acids is 1. The van der Waals surface area contributed by atoms with Crippen molar-refractivity contribution in [3.8, 4) is 0 Å². The van der Waals surface area contributed by atoms with Gasteiger partial charge in [0.2, 0.25) is 5.91 Å². The highest BCUT2D eigenvalue weighted by Crippen LogP contribution is 2.22. The van der Waals surface area contributed by atoms with Gasteiger partial charge < -0.3 is 19.9 Å². The van der Waals surface area contributed by atoms with Crippen LogP contribution in [0.15, 0.2) is 30.3 Å². The number of amides is 1. The Labute approximate surface area is 129 Å². The third-order valence-electron chi connectivity index (χ3n) is 3.61. The fraction of sp³-hybridized carbons (Fsp3) is 0.500. The Kier molecular flexibility index (Phi) is 5.91. The van der Waals surface area contributed by atoms with E-state index in [0.717, 1.165) is 12.0 Å². The van der Waals surface area contributed by atoms with Crippen LogP contribution in [0.1, 0.15) is 18.4 Å². The minimum atomic E-state index is -0.948. The zero-order valence-electron chi connectivity index (χ0n) is 12.4. The standard InChI is InChI=1S/C16H21NO5/c18-14(11-21-8-6-13-4-2-1-3-5-13)17-16(10-15(19)20)7-9-22-12-16/h1-5H,6-12H2,(H,17,18)(H,19,20). The van der Waals surface area contributed by atoms with Gasteiger partial charge in [0.1, 0.15) is 6.61 Å².